The van der Waals surface area contributed by atoms with Crippen LogP contribution in [0.1, 0.15) is 13.3 Å². The molecular formula is C11H13NO. The fourth-order valence-electron chi connectivity index (χ4n) is 0.985. The van der Waals surface area contributed by atoms with Gasteiger partial charge in [0.05, 0.1) is 0 Å². The summed E-state index contributed by atoms with van der Waals surface area (Å²) in [6.45, 7) is 5.89. The first kappa shape index (κ1) is 9.56. The molecule has 0 heterocycles. The molecule has 0 aromatic heterocycles. The van der Waals surface area contributed by atoms with Crippen molar-refractivity contribution in [2.24, 2.45) is 0 Å². The summed E-state index contributed by atoms with van der Waals surface area (Å²) >= 11 is 0. The number of carbonyl (C=O) groups excluding carboxylic acids is 1. The summed E-state index contributed by atoms with van der Waals surface area (Å²) in [4.78, 5) is 11.1. The van der Waals surface area contributed by atoms with E-state index < -0.39 is 0 Å². The summed E-state index contributed by atoms with van der Waals surface area (Å²) in [6.07, 6.45) is 6.63. The molecule has 1 N–H and O–H groups in total. The van der Waals surface area contributed by atoms with Gasteiger partial charge in [0.15, 0.2) is 0 Å². The van der Waals surface area contributed by atoms with E-state index in [-0.39, 0.29) is 5.91 Å². The topological polar surface area (TPSA) is 29.1 Å². The molecule has 0 aromatic rings. The van der Waals surface area contributed by atoms with Gasteiger partial charge < -0.3 is 5.32 Å². The molecule has 2 heteroatoms. The lowest BCUT2D eigenvalue weighted by atomic mass is 10.2. The van der Waals surface area contributed by atoms with Crippen LogP contribution in [-0.4, -0.2) is 12.5 Å². The van der Waals surface area contributed by atoms with E-state index in [1.54, 1.807) is 6.92 Å². The Balaban J connectivity index is 2.21. The van der Waals surface area contributed by atoms with E-state index in [1.165, 1.54) is 0 Å². The first-order chi connectivity index (χ1) is 6.20. The van der Waals surface area contributed by atoms with Crippen molar-refractivity contribution < 1.29 is 4.79 Å². The number of hydrogen-bond donors (Lipinski definition) is 1. The summed E-state index contributed by atoms with van der Waals surface area (Å²) in [6, 6.07) is 0. The van der Waals surface area contributed by atoms with Gasteiger partial charge in [-0.15, -0.1) is 5.73 Å². The fraction of sp³-hybridized carbons (Fsp3) is 0.273. The Hall–Kier alpha value is -1.53. The van der Waals surface area contributed by atoms with Crippen LogP contribution in [0, 0.1) is 0 Å². The molecule has 1 aliphatic carbocycles. The van der Waals surface area contributed by atoms with Crippen LogP contribution in [0.3, 0.4) is 0 Å². The fourth-order valence-corrected chi connectivity index (χ4v) is 0.985. The molecule has 0 radical (unpaired) electrons. The van der Waals surface area contributed by atoms with Crippen molar-refractivity contribution in [2.75, 3.05) is 6.54 Å². The number of nitrogens with one attached hydrogen (secondary N) is 1. The second-order valence-corrected chi connectivity index (χ2v) is 2.98. The SMILES string of the molecule is C=C(C)C(=O)NCCC1=C=CC=C1. The molecule has 68 valence electrons. The molecule has 1 amide bonds. The first-order valence-corrected chi connectivity index (χ1v) is 4.26. The monoisotopic (exact) mass is 175 g/mol. The standard InChI is InChI=1S/C11H13NO/c1-9(2)11(13)12-8-7-10-5-3-4-6-10/h3-5H,1,7-8H2,2H3,(H,12,13). The Morgan fingerprint density at radius 2 is 2.46 bits per heavy atom. The minimum atomic E-state index is -0.0773. The molecule has 0 atom stereocenters. The molecule has 0 bridgehead atoms. The quantitative estimate of drug-likeness (QED) is 0.511. The van der Waals surface area contributed by atoms with Crippen molar-refractivity contribution in [1.82, 2.24) is 5.32 Å². The van der Waals surface area contributed by atoms with Crippen LogP contribution in [0.2, 0.25) is 0 Å². The van der Waals surface area contributed by atoms with Gasteiger partial charge in [-0.05, 0) is 25.0 Å². The number of amides is 1. The highest BCUT2D eigenvalue weighted by molar-refractivity contribution is 5.92. The average Bonchev–Trinajstić information content (AvgIpc) is 2.56. The van der Waals surface area contributed by atoms with Gasteiger partial charge in [0, 0.05) is 12.1 Å². The van der Waals surface area contributed by atoms with E-state index in [0.29, 0.717) is 12.1 Å². The van der Waals surface area contributed by atoms with Gasteiger partial charge in [0.2, 0.25) is 5.91 Å². The third-order valence-corrected chi connectivity index (χ3v) is 1.73. The molecular weight excluding hydrogens is 162 g/mol. The highest BCUT2D eigenvalue weighted by Gasteiger charge is 2.00. The van der Waals surface area contributed by atoms with Crippen LogP contribution in [-0.2, 0) is 4.79 Å². The lowest BCUT2D eigenvalue weighted by Crippen LogP contribution is -2.24. The minimum Gasteiger partial charge on any atom is -0.352 e. The van der Waals surface area contributed by atoms with Crippen LogP contribution in [0.15, 0.2) is 41.7 Å². The van der Waals surface area contributed by atoms with Gasteiger partial charge in [-0.2, -0.15) is 0 Å². The Labute approximate surface area is 78.3 Å². The Morgan fingerprint density at radius 1 is 1.69 bits per heavy atom. The van der Waals surface area contributed by atoms with Crippen LogP contribution < -0.4 is 5.32 Å². The number of hydrogen-bond acceptors (Lipinski definition) is 1. The highest BCUT2D eigenvalue weighted by Crippen LogP contribution is 2.05. The smallest absolute Gasteiger partial charge is 0.246 e. The van der Waals surface area contributed by atoms with Crippen LogP contribution >= 0.6 is 0 Å². The summed E-state index contributed by atoms with van der Waals surface area (Å²) in [5, 5.41) is 2.76. The molecule has 13 heavy (non-hydrogen) atoms. The van der Waals surface area contributed by atoms with Crippen LogP contribution in [0.25, 0.3) is 0 Å². The first-order valence-electron chi connectivity index (χ1n) is 4.26. The Bertz CT molecular complexity index is 317. The molecule has 2 nitrogen and oxygen atoms in total. The summed E-state index contributed by atoms with van der Waals surface area (Å²) in [7, 11) is 0. The Kier molecular flexibility index (Phi) is 3.30. The average molecular weight is 175 g/mol. The summed E-state index contributed by atoms with van der Waals surface area (Å²) in [5.41, 5.74) is 4.74. The van der Waals surface area contributed by atoms with E-state index in [0.717, 1.165) is 12.0 Å². The van der Waals surface area contributed by atoms with E-state index >= 15 is 0 Å². The molecule has 0 spiro atoms. The van der Waals surface area contributed by atoms with E-state index in [9.17, 15) is 4.79 Å². The van der Waals surface area contributed by atoms with Crippen molar-refractivity contribution in [3.8, 4) is 0 Å². The van der Waals surface area contributed by atoms with Crippen molar-refractivity contribution in [3.05, 3.63) is 41.7 Å². The number of allylic oxidation sites excluding steroid dienone is 2. The highest BCUT2D eigenvalue weighted by atomic mass is 16.1. The largest absolute Gasteiger partial charge is 0.352 e. The predicted molar refractivity (Wildman–Crippen MR) is 53.2 cm³/mol. The van der Waals surface area contributed by atoms with Gasteiger partial charge in [-0.25, -0.2) is 0 Å². The van der Waals surface area contributed by atoms with Crippen molar-refractivity contribution >= 4 is 5.91 Å². The van der Waals surface area contributed by atoms with Gasteiger partial charge in [-0.3, -0.25) is 4.79 Å². The van der Waals surface area contributed by atoms with Gasteiger partial charge in [-0.1, -0.05) is 18.7 Å². The third-order valence-electron chi connectivity index (χ3n) is 1.73. The summed E-state index contributed by atoms with van der Waals surface area (Å²) in [5.74, 6) is -0.0773. The van der Waals surface area contributed by atoms with Crippen molar-refractivity contribution in [2.45, 2.75) is 13.3 Å². The van der Waals surface area contributed by atoms with Gasteiger partial charge in [0.1, 0.15) is 0 Å². The molecule has 0 saturated carbocycles. The predicted octanol–water partition coefficient (Wildman–Crippen LogP) is 1.72. The molecule has 0 unspecified atom stereocenters. The van der Waals surface area contributed by atoms with Gasteiger partial charge >= 0.3 is 0 Å². The second-order valence-electron chi connectivity index (χ2n) is 2.98. The molecule has 0 aromatic carbocycles. The summed E-state index contributed by atoms with van der Waals surface area (Å²) < 4.78 is 0. The maximum atomic E-state index is 11.1. The Morgan fingerprint density at radius 3 is 3.00 bits per heavy atom. The van der Waals surface area contributed by atoms with E-state index in [4.69, 9.17) is 0 Å². The minimum absolute atomic E-state index is 0.0773. The maximum Gasteiger partial charge on any atom is 0.246 e. The van der Waals surface area contributed by atoms with Crippen molar-refractivity contribution in [1.29, 1.82) is 0 Å². The molecule has 0 saturated heterocycles. The molecule has 0 fully saturated rings. The van der Waals surface area contributed by atoms with Crippen LogP contribution in [0.4, 0.5) is 0 Å². The van der Waals surface area contributed by atoms with Gasteiger partial charge in [0.25, 0.3) is 0 Å². The zero-order chi connectivity index (χ0) is 9.68. The van der Waals surface area contributed by atoms with E-state index in [1.807, 2.05) is 18.2 Å². The zero-order valence-electron chi connectivity index (χ0n) is 7.76. The van der Waals surface area contributed by atoms with Crippen molar-refractivity contribution in [3.63, 3.8) is 0 Å². The maximum absolute atomic E-state index is 11.1. The number of carbonyl (C=O) groups is 1. The molecule has 1 rings (SSSR count). The molecule has 1 aliphatic rings. The second kappa shape index (κ2) is 4.48. The third kappa shape index (κ3) is 3.14. The molecule has 0 aliphatic heterocycles. The lowest BCUT2D eigenvalue weighted by molar-refractivity contribution is -0.117. The van der Waals surface area contributed by atoms with Crippen LogP contribution in [0.5, 0.6) is 0 Å². The number of rotatable bonds is 4. The van der Waals surface area contributed by atoms with E-state index in [2.05, 4.69) is 17.6 Å². The lowest BCUT2D eigenvalue weighted by Gasteiger charge is -2.02. The zero-order valence-corrected chi connectivity index (χ0v) is 7.76. The normalized spacial score (nSPS) is 12.8.